The molecule has 1 N–H and O–H groups in total. The lowest BCUT2D eigenvalue weighted by molar-refractivity contribution is -0.375. The molecule has 0 spiro atoms. The van der Waals surface area contributed by atoms with E-state index >= 15 is 0 Å². The average molecular weight is 966 g/mol. The number of hydrogen-bond donors (Lipinski definition) is 1. The van der Waals surface area contributed by atoms with Crippen LogP contribution in [0, 0.1) is 0 Å². The van der Waals surface area contributed by atoms with E-state index in [0.29, 0.717) is 19.6 Å². The molecule has 4 unspecified atom stereocenters. The van der Waals surface area contributed by atoms with Crippen molar-refractivity contribution in [1.29, 1.82) is 0 Å². The minimum absolute atomic E-state index is 0.0137. The van der Waals surface area contributed by atoms with Crippen LogP contribution < -0.4 is 0 Å². The molecule has 2 saturated heterocycles. The van der Waals surface area contributed by atoms with Crippen molar-refractivity contribution in [3.05, 3.63) is 226 Å². The number of benzene rings is 6. The van der Waals surface area contributed by atoms with E-state index in [9.17, 15) is 5.11 Å². The number of aliphatic hydroxyl groups is 1. The third-order valence-electron chi connectivity index (χ3n) is 12.2. The standard InChI is InChI=1S/C57H63N3O11/c58-60-59-32-19-33-64-56-55(68-39-47-30-17-6-18-31-47)53(66-37-45-26-13-4-14-27-45)51(49(70-56)41-63-35-43-22-9-2-10-23-43)71-57-54(67-38-46-28-15-5-16-29-46)52(65-36-44-24-11-3-12-25-44)50(61)48(69-57)40-62-34-42-20-7-1-8-21-42/h1-18,20-31,48-57,61H,19,32-41H2/t48?,49-,50-,51+,52+,53?,54?,55?,56-,57-/m0/s1. The Labute approximate surface area is 415 Å². The Kier molecular flexibility index (Phi) is 20.5. The number of rotatable bonds is 27. The number of hydrogen-bond acceptors (Lipinski definition) is 12. The number of nitrogens with zero attached hydrogens (tertiary/aromatic N) is 3. The Morgan fingerprint density at radius 1 is 0.423 bits per heavy atom. The quantitative estimate of drug-likeness (QED) is 0.0227. The second-order valence-corrected chi connectivity index (χ2v) is 17.4. The molecule has 0 aromatic heterocycles. The third kappa shape index (κ3) is 15.8. The zero-order chi connectivity index (χ0) is 48.7. The van der Waals surface area contributed by atoms with E-state index in [1.165, 1.54) is 0 Å². The van der Waals surface area contributed by atoms with Gasteiger partial charge in [0.15, 0.2) is 12.6 Å². The molecule has 14 nitrogen and oxygen atoms in total. The summed E-state index contributed by atoms with van der Waals surface area (Å²) in [7, 11) is 0. The lowest BCUT2D eigenvalue weighted by atomic mass is 9.96. The fourth-order valence-corrected chi connectivity index (χ4v) is 8.52. The van der Waals surface area contributed by atoms with Crippen molar-refractivity contribution < 1.29 is 52.5 Å². The first-order valence-electron chi connectivity index (χ1n) is 24.2. The highest BCUT2D eigenvalue weighted by molar-refractivity contribution is 5.18. The summed E-state index contributed by atoms with van der Waals surface area (Å²) >= 11 is 0. The summed E-state index contributed by atoms with van der Waals surface area (Å²) in [6.07, 6.45) is -9.31. The molecule has 0 aliphatic carbocycles. The topological polar surface area (TPSA) is 161 Å². The van der Waals surface area contributed by atoms with Crippen LogP contribution in [0.2, 0.25) is 0 Å². The Morgan fingerprint density at radius 3 is 1.23 bits per heavy atom. The van der Waals surface area contributed by atoms with E-state index in [2.05, 4.69) is 10.0 Å². The van der Waals surface area contributed by atoms with Crippen molar-refractivity contribution >= 4 is 0 Å². The van der Waals surface area contributed by atoms with Gasteiger partial charge in [0.05, 0.1) is 52.9 Å². The van der Waals surface area contributed by atoms with Gasteiger partial charge in [-0.15, -0.1) is 0 Å². The molecule has 2 aliphatic heterocycles. The fourth-order valence-electron chi connectivity index (χ4n) is 8.52. The first kappa shape index (κ1) is 51.5. The zero-order valence-electron chi connectivity index (χ0n) is 39.7. The van der Waals surface area contributed by atoms with Gasteiger partial charge in [-0.2, -0.15) is 0 Å². The van der Waals surface area contributed by atoms with Crippen molar-refractivity contribution in [2.45, 2.75) is 107 Å². The van der Waals surface area contributed by atoms with Crippen LogP contribution in [0.3, 0.4) is 0 Å². The maximum Gasteiger partial charge on any atom is 0.187 e. The van der Waals surface area contributed by atoms with E-state index in [1.807, 2.05) is 182 Å². The maximum absolute atomic E-state index is 12.3. The Bertz CT molecular complexity index is 2430. The molecule has 6 aromatic carbocycles. The molecule has 6 aromatic rings. The van der Waals surface area contributed by atoms with Crippen LogP contribution in [0.25, 0.3) is 10.4 Å². The van der Waals surface area contributed by atoms with Gasteiger partial charge in [-0.25, -0.2) is 0 Å². The number of aliphatic hydroxyl groups excluding tert-OH is 1. The highest BCUT2D eigenvalue weighted by Gasteiger charge is 2.54. The first-order valence-corrected chi connectivity index (χ1v) is 24.2. The largest absolute Gasteiger partial charge is 0.387 e. The summed E-state index contributed by atoms with van der Waals surface area (Å²) in [6, 6.07) is 58.9. The molecule has 0 radical (unpaired) electrons. The molecule has 8 rings (SSSR count). The van der Waals surface area contributed by atoms with Gasteiger partial charge in [-0.3, -0.25) is 0 Å². The maximum atomic E-state index is 12.3. The fraction of sp³-hybridized carbons (Fsp3) is 0.368. The summed E-state index contributed by atoms with van der Waals surface area (Å²) in [4.78, 5) is 2.91. The molecular weight excluding hydrogens is 903 g/mol. The molecule has 2 heterocycles. The van der Waals surface area contributed by atoms with Crippen LogP contribution in [0.5, 0.6) is 0 Å². The predicted octanol–water partition coefficient (Wildman–Crippen LogP) is 9.67. The minimum Gasteiger partial charge on any atom is -0.387 e. The molecule has 0 amide bonds. The molecule has 10 atom stereocenters. The Hall–Kier alpha value is -5.81. The average Bonchev–Trinajstić information content (AvgIpc) is 3.42. The van der Waals surface area contributed by atoms with Gasteiger partial charge in [-0.1, -0.05) is 187 Å². The molecule has 0 bridgehead atoms. The first-order chi connectivity index (χ1) is 35.1. The van der Waals surface area contributed by atoms with E-state index in [1.54, 1.807) is 0 Å². The Balaban J connectivity index is 1.17. The van der Waals surface area contributed by atoms with E-state index in [0.717, 1.165) is 33.4 Å². The molecule has 372 valence electrons. The van der Waals surface area contributed by atoms with Crippen molar-refractivity contribution in [2.75, 3.05) is 26.4 Å². The van der Waals surface area contributed by atoms with Gasteiger partial charge in [0.25, 0.3) is 0 Å². The van der Waals surface area contributed by atoms with Gasteiger partial charge in [-0.05, 0) is 45.3 Å². The lowest BCUT2D eigenvalue weighted by Crippen LogP contribution is -2.66. The van der Waals surface area contributed by atoms with Crippen LogP contribution in [-0.4, -0.2) is 92.9 Å². The predicted molar refractivity (Wildman–Crippen MR) is 265 cm³/mol. The molecule has 14 heteroatoms. The highest BCUT2D eigenvalue weighted by atomic mass is 16.8. The molecule has 0 saturated carbocycles. The van der Waals surface area contributed by atoms with Crippen molar-refractivity contribution in [1.82, 2.24) is 0 Å². The van der Waals surface area contributed by atoms with Crippen LogP contribution in [0.15, 0.2) is 187 Å². The van der Waals surface area contributed by atoms with Crippen LogP contribution in [0.4, 0.5) is 0 Å². The summed E-state index contributed by atoms with van der Waals surface area (Å²) < 4.78 is 67.8. The second kappa shape index (κ2) is 28.3. The highest BCUT2D eigenvalue weighted by Crippen LogP contribution is 2.36. The van der Waals surface area contributed by atoms with Crippen molar-refractivity contribution in [3.8, 4) is 0 Å². The van der Waals surface area contributed by atoms with Gasteiger partial charge >= 0.3 is 0 Å². The van der Waals surface area contributed by atoms with E-state index in [4.69, 9.17) is 52.9 Å². The number of ether oxygens (including phenoxy) is 10. The third-order valence-corrected chi connectivity index (χ3v) is 12.2. The molecular formula is C57H63N3O11. The smallest absolute Gasteiger partial charge is 0.187 e. The SMILES string of the molecule is [N-]=[N+]=NCCCO[C@H]1O[C@@H](COCc2ccccc2)[C@@H](O[C@@H]2OC(COCc3ccccc3)[C@H](O)[C@@H](OCc3ccccc3)C2OCc2ccccc2)C(OCc2ccccc2)C1OCc1ccccc1. The number of azide groups is 1. The summed E-state index contributed by atoms with van der Waals surface area (Å²) in [5.41, 5.74) is 14.6. The van der Waals surface area contributed by atoms with E-state index < -0.39 is 61.4 Å². The normalized spacial score (nSPS) is 24.2. The van der Waals surface area contributed by atoms with Gasteiger partial charge < -0.3 is 52.5 Å². The van der Waals surface area contributed by atoms with Crippen LogP contribution in [-0.2, 0) is 87.0 Å². The van der Waals surface area contributed by atoms with Gasteiger partial charge in [0.1, 0.15) is 48.8 Å². The molecule has 2 aliphatic rings. The molecule has 71 heavy (non-hydrogen) atoms. The van der Waals surface area contributed by atoms with Crippen LogP contribution in [0.1, 0.15) is 39.8 Å². The Morgan fingerprint density at radius 2 is 0.789 bits per heavy atom. The zero-order valence-corrected chi connectivity index (χ0v) is 39.7. The summed E-state index contributed by atoms with van der Waals surface area (Å²) in [5.74, 6) is 0. The monoisotopic (exact) mass is 965 g/mol. The second-order valence-electron chi connectivity index (χ2n) is 17.4. The minimum atomic E-state index is -1.20. The van der Waals surface area contributed by atoms with E-state index in [-0.39, 0.29) is 52.8 Å². The van der Waals surface area contributed by atoms with Crippen molar-refractivity contribution in [3.63, 3.8) is 0 Å². The van der Waals surface area contributed by atoms with Crippen LogP contribution >= 0.6 is 0 Å². The van der Waals surface area contributed by atoms with Gasteiger partial charge in [0, 0.05) is 18.1 Å². The molecule has 2 fully saturated rings. The van der Waals surface area contributed by atoms with Gasteiger partial charge in [0.2, 0.25) is 0 Å². The lowest BCUT2D eigenvalue weighted by Gasteiger charge is -2.49. The summed E-state index contributed by atoms with van der Waals surface area (Å²) in [5, 5.41) is 16.0. The summed E-state index contributed by atoms with van der Waals surface area (Å²) in [6.45, 7) is 1.82. The van der Waals surface area contributed by atoms with Crippen molar-refractivity contribution in [2.24, 2.45) is 5.11 Å².